The van der Waals surface area contributed by atoms with E-state index in [0.29, 0.717) is 48.7 Å². The van der Waals surface area contributed by atoms with Crippen LogP contribution in [-0.2, 0) is 14.8 Å². The van der Waals surface area contributed by atoms with Gasteiger partial charge in [-0.15, -0.1) is 11.8 Å². The maximum absolute atomic E-state index is 14.1. The van der Waals surface area contributed by atoms with Gasteiger partial charge in [-0.1, -0.05) is 38.1 Å². The zero-order valence-corrected chi connectivity index (χ0v) is 40.5. The summed E-state index contributed by atoms with van der Waals surface area (Å²) in [5.74, 6) is 0.403. The first-order valence-electron chi connectivity index (χ1n) is 24.0. The van der Waals surface area contributed by atoms with E-state index in [1.54, 1.807) is 24.4 Å². The van der Waals surface area contributed by atoms with E-state index in [0.717, 1.165) is 88.3 Å². The van der Waals surface area contributed by atoms with Crippen molar-refractivity contribution in [3.63, 3.8) is 0 Å². The van der Waals surface area contributed by atoms with Crippen LogP contribution < -0.4 is 19.1 Å². The van der Waals surface area contributed by atoms with Crippen LogP contribution in [0.4, 0.5) is 11.4 Å². The van der Waals surface area contributed by atoms with Crippen LogP contribution in [0.5, 0.6) is 17.2 Å². The van der Waals surface area contributed by atoms with E-state index in [4.69, 9.17) is 14.2 Å². The van der Waals surface area contributed by atoms with E-state index in [2.05, 4.69) is 62.6 Å². The number of ether oxygens (including phenoxy) is 3. The fourth-order valence-electron chi connectivity index (χ4n) is 11.3. The Hall–Kier alpha value is -5.20. The molecule has 360 valence electrons. The first-order valence-corrected chi connectivity index (χ1v) is 26.3. The molecule has 17 heteroatoms. The Morgan fingerprint density at radius 1 is 1.04 bits per heavy atom. The molecule has 2 saturated carbocycles. The van der Waals surface area contributed by atoms with Gasteiger partial charge in [-0.05, 0) is 117 Å². The molecule has 5 aliphatic rings. The topological polar surface area (TPSA) is 189 Å². The van der Waals surface area contributed by atoms with E-state index in [-0.39, 0.29) is 45.3 Å². The van der Waals surface area contributed by atoms with Crippen molar-refractivity contribution in [2.45, 2.75) is 117 Å². The van der Waals surface area contributed by atoms with Gasteiger partial charge in [-0.2, -0.15) is 0 Å². The predicted octanol–water partition coefficient (Wildman–Crippen LogP) is 9.51. The number of sulfonamides is 1. The number of pyridine rings is 1. The molecule has 1 amide bonds. The number of hydrogen-bond donors (Lipinski definition) is 3. The fourth-order valence-corrected chi connectivity index (χ4v) is 13.6. The van der Waals surface area contributed by atoms with E-state index >= 15 is 0 Å². The number of piperidine rings is 1. The lowest BCUT2D eigenvalue weighted by molar-refractivity contribution is -0.388. The number of amides is 1. The van der Waals surface area contributed by atoms with Crippen molar-refractivity contribution >= 4 is 50.1 Å². The number of nitrogens with one attached hydrogen (secondary N) is 2. The van der Waals surface area contributed by atoms with Crippen LogP contribution in [0.2, 0.25) is 0 Å². The largest absolute Gasteiger partial charge is 0.491 e. The molecule has 2 aromatic heterocycles. The van der Waals surface area contributed by atoms with Crippen molar-refractivity contribution in [1.82, 2.24) is 19.6 Å². The molecule has 3 aromatic carbocycles. The fraction of sp³-hybridized carbons (Fsp3) is 0.490. The number of thioether (sulfide) groups is 1. The number of fused-ring (bicyclic) bond motifs is 2. The molecule has 4 fully saturated rings. The van der Waals surface area contributed by atoms with Gasteiger partial charge in [0.25, 0.3) is 21.6 Å². The van der Waals surface area contributed by atoms with Gasteiger partial charge in [-0.25, -0.2) is 18.1 Å². The number of carbonyl (C=O) groups excluding carboxylic acids is 1. The summed E-state index contributed by atoms with van der Waals surface area (Å²) in [6.07, 6.45) is 11.5. The lowest BCUT2D eigenvalue weighted by Crippen LogP contribution is -2.58. The average Bonchev–Trinajstić information content (AvgIpc) is 3.79. The third kappa shape index (κ3) is 9.56. The van der Waals surface area contributed by atoms with Crippen molar-refractivity contribution in [2.75, 3.05) is 44.4 Å². The second-order valence-corrected chi connectivity index (χ2v) is 23.2. The molecular formula is C51H60N6O9S2. The van der Waals surface area contributed by atoms with E-state index in [1.807, 2.05) is 19.1 Å². The van der Waals surface area contributed by atoms with Crippen LogP contribution in [0.3, 0.4) is 0 Å². The number of hydrogen-bond acceptors (Lipinski definition) is 13. The Bertz CT molecular complexity index is 2810. The van der Waals surface area contributed by atoms with E-state index in [1.165, 1.54) is 35.2 Å². The summed E-state index contributed by atoms with van der Waals surface area (Å²) in [6, 6.07) is 20.6. The smallest absolute Gasteiger partial charge is 0.288 e. The summed E-state index contributed by atoms with van der Waals surface area (Å²) in [5, 5.41) is 23.6. The number of H-pyrrole nitrogens is 1. The molecule has 2 atom stereocenters. The average molecular weight is 965 g/mol. The molecule has 5 heterocycles. The molecule has 15 nitrogen and oxygen atoms in total. The first kappa shape index (κ1) is 46.5. The van der Waals surface area contributed by atoms with Crippen molar-refractivity contribution < 1.29 is 37.5 Å². The van der Waals surface area contributed by atoms with Gasteiger partial charge in [0.15, 0.2) is 0 Å². The van der Waals surface area contributed by atoms with Crippen LogP contribution in [0.15, 0.2) is 88.9 Å². The van der Waals surface area contributed by atoms with E-state index in [9.17, 15) is 28.4 Å². The summed E-state index contributed by atoms with van der Waals surface area (Å²) >= 11 is 1.32. The van der Waals surface area contributed by atoms with Crippen molar-refractivity contribution in [2.24, 2.45) is 11.3 Å². The minimum Gasteiger partial charge on any atom is -0.491 e. The molecule has 68 heavy (non-hydrogen) atoms. The lowest BCUT2D eigenvalue weighted by Gasteiger charge is -2.57. The molecule has 3 aliphatic heterocycles. The minimum atomic E-state index is -4.64. The van der Waals surface area contributed by atoms with Crippen molar-refractivity contribution in [3.05, 3.63) is 106 Å². The van der Waals surface area contributed by atoms with Crippen molar-refractivity contribution in [1.29, 1.82) is 0 Å². The highest BCUT2D eigenvalue weighted by molar-refractivity contribution is 8.00. The zero-order valence-electron chi connectivity index (χ0n) is 38.8. The van der Waals surface area contributed by atoms with E-state index < -0.39 is 37.0 Å². The van der Waals surface area contributed by atoms with Gasteiger partial charge in [0.2, 0.25) is 0 Å². The molecule has 3 N–H and O–H groups in total. The Balaban J connectivity index is 0.847. The van der Waals surface area contributed by atoms with Crippen LogP contribution in [0.25, 0.3) is 11.0 Å². The third-order valence-electron chi connectivity index (χ3n) is 15.2. The number of anilines is 1. The molecule has 2 aliphatic carbocycles. The summed E-state index contributed by atoms with van der Waals surface area (Å²) in [5.41, 5.74) is 3.41. The zero-order chi connectivity index (χ0) is 47.4. The molecule has 1 spiro atoms. The number of nitro benzene ring substituents is 1. The maximum atomic E-state index is 14.1. The lowest BCUT2D eigenvalue weighted by atomic mass is 9.59. The number of benzene rings is 3. The molecular weight excluding hydrogens is 905 g/mol. The highest BCUT2D eigenvalue weighted by Gasteiger charge is 2.50. The number of nitro groups is 1. The minimum absolute atomic E-state index is 0.0350. The number of rotatable bonds is 12. The Morgan fingerprint density at radius 2 is 1.82 bits per heavy atom. The Morgan fingerprint density at radius 3 is 2.59 bits per heavy atom. The summed E-state index contributed by atoms with van der Waals surface area (Å²) in [7, 11) is -4.64. The second-order valence-electron chi connectivity index (χ2n) is 20.2. The standard InChI is InChI=1S/C51H60N6O9S2/c1-32(2)40-6-4-5-7-41(40)44-31-64-21-20-56(44)36-27-51(28-36)15-18-55(19-16-51)35-8-9-42(45(24-35)66-37-23-34-12-17-52-48(34)53-29-37)49(58)54-68(62,63)39-25-43(57(60)61)47-46(26-39)65-30-38(67-47)22-33-10-13-50(3,59)14-11-33/h4-9,12,17,23-26,29,32-33,36,38,44,59H,10-11,13-16,18-22,27-28,30-31H2,1-3H3,(H,52,53)(H,54,58)/t33-,38-,44-,50-/m0/s1. The number of carbonyl (C=O) groups is 1. The molecule has 2 saturated heterocycles. The Kier molecular flexibility index (Phi) is 12.7. The quantitative estimate of drug-likeness (QED) is 0.0793. The normalized spacial score (nSPS) is 24.3. The summed E-state index contributed by atoms with van der Waals surface area (Å²) < 4.78 is 48.6. The van der Waals surface area contributed by atoms with Crippen LogP contribution in [0, 0.1) is 21.4 Å². The van der Waals surface area contributed by atoms with Gasteiger partial charge in [0, 0.05) is 66.4 Å². The number of aromatic nitrogens is 2. The summed E-state index contributed by atoms with van der Waals surface area (Å²) in [6.45, 7) is 10.6. The van der Waals surface area contributed by atoms with Crippen molar-refractivity contribution in [3.8, 4) is 17.2 Å². The number of morpholine rings is 1. The van der Waals surface area contributed by atoms with Crippen LogP contribution >= 0.6 is 11.8 Å². The molecule has 0 bridgehead atoms. The van der Waals surface area contributed by atoms with Gasteiger partial charge in [-0.3, -0.25) is 19.8 Å². The first-order chi connectivity index (χ1) is 32.6. The monoisotopic (exact) mass is 964 g/mol. The third-order valence-corrected chi connectivity index (χ3v) is 17.8. The molecule has 0 radical (unpaired) electrons. The van der Waals surface area contributed by atoms with Gasteiger partial charge < -0.3 is 29.2 Å². The van der Waals surface area contributed by atoms with Gasteiger partial charge >= 0.3 is 0 Å². The Labute approximate surface area is 401 Å². The maximum Gasteiger partial charge on any atom is 0.288 e. The number of aromatic amines is 1. The number of aliphatic hydroxyl groups is 1. The van der Waals surface area contributed by atoms with Gasteiger partial charge in [0.05, 0.1) is 46.4 Å². The SMILES string of the molecule is CC(C)c1ccccc1[C@@H]1COCCN1C1CC2(CCN(c3ccc(C(=O)NS(=O)(=O)c4cc5c(c([N+](=O)[O-])c4)S[C@@H](C[C@H]4CC[C@](C)(O)CC4)CO5)c(Oc4cnc5[nH]ccc5c4)c3)CC2)C1. The van der Waals surface area contributed by atoms with Gasteiger partial charge in [0.1, 0.15) is 34.4 Å². The van der Waals surface area contributed by atoms with Crippen LogP contribution in [-0.4, -0.2) is 95.6 Å². The predicted molar refractivity (Wildman–Crippen MR) is 260 cm³/mol. The number of nitrogens with zero attached hydrogens (tertiary/aromatic N) is 4. The second kappa shape index (κ2) is 18.6. The highest BCUT2D eigenvalue weighted by atomic mass is 32.2. The molecule has 10 rings (SSSR count). The summed E-state index contributed by atoms with van der Waals surface area (Å²) in [4.78, 5) is 38.2. The highest BCUT2D eigenvalue weighted by Crippen LogP contribution is 2.54. The molecule has 5 aromatic rings. The molecule has 0 unspecified atom stereocenters. The van der Waals surface area contributed by atoms with Crippen LogP contribution in [0.1, 0.15) is 112 Å².